The normalized spacial score (nSPS) is 19.0. The van der Waals surface area contributed by atoms with Crippen LogP contribution in [0.5, 0.6) is 0 Å². The van der Waals surface area contributed by atoms with Gasteiger partial charge >= 0.3 is 5.97 Å². The van der Waals surface area contributed by atoms with E-state index in [1.54, 1.807) is 0 Å². The van der Waals surface area contributed by atoms with E-state index in [-0.39, 0.29) is 5.92 Å². The topological polar surface area (TPSA) is 71.2 Å². The molecule has 1 aliphatic rings. The van der Waals surface area contributed by atoms with Gasteiger partial charge in [-0.1, -0.05) is 11.3 Å². The molecule has 1 N–H and O–H groups in total. The highest BCUT2D eigenvalue weighted by Gasteiger charge is 2.27. The third kappa shape index (κ3) is 2.65. The SMILES string of the molecule is Cc1ccc(C)n1-c1nnc(N2CCCC(C(=O)O)C2)s1. The van der Waals surface area contributed by atoms with Gasteiger partial charge in [-0.15, -0.1) is 10.2 Å². The second-order valence-corrected chi connectivity index (χ2v) is 6.38. The third-order valence-corrected chi connectivity index (χ3v) is 4.88. The Labute approximate surface area is 127 Å². The van der Waals surface area contributed by atoms with Gasteiger partial charge in [-0.05, 0) is 38.8 Å². The molecule has 0 bridgehead atoms. The van der Waals surface area contributed by atoms with Crippen molar-refractivity contribution in [2.75, 3.05) is 18.0 Å². The molecule has 0 radical (unpaired) electrons. The lowest BCUT2D eigenvalue weighted by molar-refractivity contribution is -0.141. The minimum atomic E-state index is -0.721. The molecule has 0 aliphatic carbocycles. The van der Waals surface area contributed by atoms with Crippen LogP contribution in [0.15, 0.2) is 12.1 Å². The molecule has 1 aliphatic heterocycles. The minimum Gasteiger partial charge on any atom is -0.481 e. The lowest BCUT2D eigenvalue weighted by Crippen LogP contribution is -2.38. The highest BCUT2D eigenvalue weighted by molar-refractivity contribution is 7.17. The quantitative estimate of drug-likeness (QED) is 0.941. The number of aryl methyl sites for hydroxylation is 2. The molecular formula is C14H18N4O2S. The fraction of sp³-hybridized carbons (Fsp3) is 0.500. The van der Waals surface area contributed by atoms with Gasteiger partial charge in [0, 0.05) is 24.5 Å². The molecule has 3 rings (SSSR count). The van der Waals surface area contributed by atoms with Gasteiger partial charge in [0.25, 0.3) is 0 Å². The molecular weight excluding hydrogens is 288 g/mol. The predicted molar refractivity (Wildman–Crippen MR) is 81.3 cm³/mol. The first-order valence-corrected chi connectivity index (χ1v) is 7.84. The number of carboxylic acids is 1. The van der Waals surface area contributed by atoms with E-state index in [0.717, 1.165) is 41.0 Å². The fourth-order valence-electron chi connectivity index (χ4n) is 2.75. The first-order chi connectivity index (χ1) is 10.1. The van der Waals surface area contributed by atoms with Gasteiger partial charge in [-0.25, -0.2) is 0 Å². The summed E-state index contributed by atoms with van der Waals surface area (Å²) >= 11 is 1.51. The van der Waals surface area contributed by atoms with Crippen molar-refractivity contribution in [3.63, 3.8) is 0 Å². The van der Waals surface area contributed by atoms with Crippen molar-refractivity contribution in [3.8, 4) is 5.13 Å². The largest absolute Gasteiger partial charge is 0.481 e. The summed E-state index contributed by atoms with van der Waals surface area (Å²) in [5, 5.41) is 19.3. The van der Waals surface area contributed by atoms with Gasteiger partial charge in [0.15, 0.2) is 0 Å². The van der Waals surface area contributed by atoms with Gasteiger partial charge in [-0.3, -0.25) is 9.36 Å². The number of hydrogen-bond acceptors (Lipinski definition) is 5. The summed E-state index contributed by atoms with van der Waals surface area (Å²) in [4.78, 5) is 13.2. The molecule has 112 valence electrons. The van der Waals surface area contributed by atoms with Crippen molar-refractivity contribution in [3.05, 3.63) is 23.5 Å². The maximum atomic E-state index is 11.1. The van der Waals surface area contributed by atoms with Crippen molar-refractivity contribution in [1.29, 1.82) is 0 Å². The molecule has 0 spiro atoms. The maximum absolute atomic E-state index is 11.1. The van der Waals surface area contributed by atoms with Crippen LogP contribution >= 0.6 is 11.3 Å². The zero-order valence-corrected chi connectivity index (χ0v) is 12.9. The Morgan fingerprint density at radius 3 is 2.62 bits per heavy atom. The molecule has 1 unspecified atom stereocenters. The molecule has 0 saturated carbocycles. The number of aliphatic carboxylic acids is 1. The lowest BCUT2D eigenvalue weighted by Gasteiger charge is -2.29. The molecule has 21 heavy (non-hydrogen) atoms. The third-order valence-electron chi connectivity index (χ3n) is 3.91. The van der Waals surface area contributed by atoms with Gasteiger partial charge < -0.3 is 10.0 Å². The molecule has 2 aromatic heterocycles. The van der Waals surface area contributed by atoms with Gasteiger partial charge in [-0.2, -0.15) is 0 Å². The van der Waals surface area contributed by atoms with E-state index in [1.165, 1.54) is 11.3 Å². The van der Waals surface area contributed by atoms with E-state index in [4.69, 9.17) is 5.11 Å². The van der Waals surface area contributed by atoms with Crippen LogP contribution in [0.1, 0.15) is 24.2 Å². The number of carboxylic acid groups (broad SMARTS) is 1. The molecule has 1 fully saturated rings. The van der Waals surface area contributed by atoms with Crippen molar-refractivity contribution >= 4 is 22.4 Å². The van der Waals surface area contributed by atoms with Crippen LogP contribution in [0.3, 0.4) is 0 Å². The Morgan fingerprint density at radius 1 is 1.29 bits per heavy atom. The van der Waals surface area contributed by atoms with Crippen LogP contribution in [-0.4, -0.2) is 38.9 Å². The number of rotatable bonds is 3. The monoisotopic (exact) mass is 306 g/mol. The zero-order chi connectivity index (χ0) is 15.0. The summed E-state index contributed by atoms with van der Waals surface area (Å²) < 4.78 is 2.07. The molecule has 2 aromatic rings. The molecule has 0 aromatic carbocycles. The molecule has 6 nitrogen and oxygen atoms in total. The lowest BCUT2D eigenvalue weighted by atomic mass is 9.99. The minimum absolute atomic E-state index is 0.304. The van der Waals surface area contributed by atoms with Crippen LogP contribution in [-0.2, 0) is 4.79 Å². The highest BCUT2D eigenvalue weighted by atomic mass is 32.1. The first kappa shape index (κ1) is 14.1. The van der Waals surface area contributed by atoms with E-state index in [2.05, 4.69) is 26.9 Å². The summed E-state index contributed by atoms with van der Waals surface area (Å²) in [7, 11) is 0. The van der Waals surface area contributed by atoms with Crippen LogP contribution in [0.2, 0.25) is 0 Å². The summed E-state index contributed by atoms with van der Waals surface area (Å²) in [6.45, 7) is 5.44. The van der Waals surface area contributed by atoms with E-state index < -0.39 is 5.97 Å². The second kappa shape index (κ2) is 5.48. The van der Waals surface area contributed by atoms with E-state index >= 15 is 0 Å². The van der Waals surface area contributed by atoms with Crippen LogP contribution < -0.4 is 4.90 Å². The average molecular weight is 306 g/mol. The van der Waals surface area contributed by atoms with Crippen LogP contribution in [0.25, 0.3) is 5.13 Å². The van der Waals surface area contributed by atoms with Crippen molar-refractivity contribution in [1.82, 2.24) is 14.8 Å². The number of anilines is 1. The second-order valence-electron chi connectivity index (χ2n) is 5.44. The zero-order valence-electron chi connectivity index (χ0n) is 12.1. The van der Waals surface area contributed by atoms with Crippen molar-refractivity contribution < 1.29 is 9.90 Å². The Bertz CT molecular complexity index is 644. The molecule has 3 heterocycles. The van der Waals surface area contributed by atoms with Crippen LogP contribution in [0, 0.1) is 19.8 Å². The smallest absolute Gasteiger partial charge is 0.308 e. The standard InChI is InChI=1S/C14H18N4O2S/c1-9-5-6-10(2)18(9)14-16-15-13(21-14)17-7-3-4-11(8-17)12(19)20/h5-6,11H,3-4,7-8H2,1-2H3,(H,19,20). The van der Waals surface area contributed by atoms with E-state index in [9.17, 15) is 4.79 Å². The van der Waals surface area contributed by atoms with Gasteiger partial charge in [0.2, 0.25) is 10.3 Å². The number of nitrogens with zero attached hydrogens (tertiary/aromatic N) is 4. The predicted octanol–water partition coefficient (Wildman–Crippen LogP) is 2.25. The maximum Gasteiger partial charge on any atom is 0.308 e. The Hall–Kier alpha value is -1.89. The van der Waals surface area contributed by atoms with Crippen molar-refractivity contribution in [2.24, 2.45) is 5.92 Å². The van der Waals surface area contributed by atoms with Crippen molar-refractivity contribution in [2.45, 2.75) is 26.7 Å². The van der Waals surface area contributed by atoms with Crippen LogP contribution in [0.4, 0.5) is 5.13 Å². The van der Waals surface area contributed by atoms with Gasteiger partial charge in [0.05, 0.1) is 5.92 Å². The number of hydrogen-bond donors (Lipinski definition) is 1. The summed E-state index contributed by atoms with van der Waals surface area (Å²) in [6.07, 6.45) is 1.63. The molecule has 7 heteroatoms. The average Bonchev–Trinajstić information content (AvgIpc) is 3.06. The molecule has 0 amide bonds. The molecule has 1 saturated heterocycles. The van der Waals surface area contributed by atoms with E-state index in [1.807, 2.05) is 18.7 Å². The Kier molecular flexibility index (Phi) is 3.67. The highest BCUT2D eigenvalue weighted by Crippen LogP contribution is 2.29. The summed E-state index contributed by atoms with van der Waals surface area (Å²) in [5.74, 6) is -1.03. The molecule has 1 atom stereocenters. The number of piperidine rings is 1. The van der Waals surface area contributed by atoms with Gasteiger partial charge in [0.1, 0.15) is 0 Å². The number of aromatic nitrogens is 3. The fourth-order valence-corrected chi connectivity index (χ4v) is 3.75. The number of carbonyl (C=O) groups is 1. The Morgan fingerprint density at radius 2 is 1.95 bits per heavy atom. The summed E-state index contributed by atoms with van der Waals surface area (Å²) in [5.41, 5.74) is 2.24. The van der Waals surface area contributed by atoms with E-state index in [0.29, 0.717) is 6.54 Å². The Balaban J connectivity index is 1.83. The summed E-state index contributed by atoms with van der Waals surface area (Å²) in [6, 6.07) is 4.11. The first-order valence-electron chi connectivity index (χ1n) is 7.03.